The zero-order chi connectivity index (χ0) is 20.0. The second kappa shape index (κ2) is 8.73. The van der Waals surface area contributed by atoms with Gasteiger partial charge in [-0.05, 0) is 43.7 Å². The van der Waals surface area contributed by atoms with Gasteiger partial charge in [0.25, 0.3) is 10.0 Å². The van der Waals surface area contributed by atoms with Gasteiger partial charge in [0.15, 0.2) is 0 Å². The Balaban J connectivity index is 2.54. The zero-order valence-corrected chi connectivity index (χ0v) is 16.5. The quantitative estimate of drug-likeness (QED) is 0.706. The van der Waals surface area contributed by atoms with E-state index in [4.69, 9.17) is 4.74 Å². The standard InChI is InChI=1S/C20H24N2O4S/c1-5-12-21-20(23)14-22(17-9-6-15(2)7-10-17)27(24,25)19-13-16(3)8-11-18(19)26-4/h5-11,13H,1,12,14H2,2-4H3,(H,21,23). The summed E-state index contributed by atoms with van der Waals surface area (Å²) in [5.74, 6) is -0.199. The molecule has 0 aliphatic heterocycles. The number of hydrogen-bond acceptors (Lipinski definition) is 4. The van der Waals surface area contributed by atoms with E-state index in [1.165, 1.54) is 19.3 Å². The number of ether oxygens (including phenoxy) is 1. The summed E-state index contributed by atoms with van der Waals surface area (Å²) in [7, 11) is -2.62. The molecule has 1 N–H and O–H groups in total. The van der Waals surface area contributed by atoms with Gasteiger partial charge in [0.05, 0.1) is 12.8 Å². The third-order valence-corrected chi connectivity index (χ3v) is 5.73. The van der Waals surface area contributed by atoms with E-state index < -0.39 is 15.9 Å². The van der Waals surface area contributed by atoms with Crippen molar-refractivity contribution in [3.8, 4) is 5.75 Å². The Kier molecular flexibility index (Phi) is 6.63. The van der Waals surface area contributed by atoms with Crippen molar-refractivity contribution in [1.82, 2.24) is 5.32 Å². The van der Waals surface area contributed by atoms with Crippen molar-refractivity contribution in [3.05, 3.63) is 66.2 Å². The van der Waals surface area contributed by atoms with Crippen molar-refractivity contribution < 1.29 is 17.9 Å². The average Bonchev–Trinajstić information content (AvgIpc) is 2.65. The molecule has 0 aliphatic carbocycles. The number of anilines is 1. The lowest BCUT2D eigenvalue weighted by Gasteiger charge is -2.25. The van der Waals surface area contributed by atoms with Crippen LogP contribution in [0.2, 0.25) is 0 Å². The van der Waals surface area contributed by atoms with Crippen LogP contribution in [0.15, 0.2) is 60.0 Å². The first-order valence-electron chi connectivity index (χ1n) is 8.41. The highest BCUT2D eigenvalue weighted by Gasteiger charge is 2.30. The maximum absolute atomic E-state index is 13.4. The number of carbonyl (C=O) groups is 1. The molecule has 0 aliphatic rings. The van der Waals surface area contributed by atoms with E-state index in [9.17, 15) is 13.2 Å². The van der Waals surface area contributed by atoms with E-state index >= 15 is 0 Å². The summed E-state index contributed by atoms with van der Waals surface area (Å²) in [6.07, 6.45) is 1.53. The number of amides is 1. The molecule has 2 aromatic carbocycles. The number of nitrogens with one attached hydrogen (secondary N) is 1. The van der Waals surface area contributed by atoms with Gasteiger partial charge in [-0.15, -0.1) is 6.58 Å². The van der Waals surface area contributed by atoms with Crippen molar-refractivity contribution in [1.29, 1.82) is 0 Å². The number of sulfonamides is 1. The van der Waals surface area contributed by atoms with E-state index in [0.717, 1.165) is 15.4 Å². The van der Waals surface area contributed by atoms with Gasteiger partial charge in [-0.3, -0.25) is 9.10 Å². The second-order valence-corrected chi connectivity index (χ2v) is 7.93. The Bertz CT molecular complexity index is 921. The topological polar surface area (TPSA) is 75.7 Å². The molecule has 2 aromatic rings. The molecular weight excluding hydrogens is 364 g/mol. The Hall–Kier alpha value is -2.80. The first-order chi connectivity index (χ1) is 12.8. The zero-order valence-electron chi connectivity index (χ0n) is 15.7. The van der Waals surface area contributed by atoms with Crippen molar-refractivity contribution in [2.24, 2.45) is 0 Å². The van der Waals surface area contributed by atoms with Crippen LogP contribution in [0.25, 0.3) is 0 Å². The summed E-state index contributed by atoms with van der Waals surface area (Å²) in [6, 6.07) is 11.9. The molecule has 27 heavy (non-hydrogen) atoms. The van der Waals surface area contributed by atoms with Gasteiger partial charge in [-0.1, -0.05) is 29.8 Å². The lowest BCUT2D eigenvalue weighted by molar-refractivity contribution is -0.119. The third kappa shape index (κ3) is 4.89. The van der Waals surface area contributed by atoms with Crippen molar-refractivity contribution in [2.75, 3.05) is 24.5 Å². The summed E-state index contributed by atoms with van der Waals surface area (Å²) < 4.78 is 33.1. The molecular formula is C20H24N2O4S. The molecule has 0 spiro atoms. The normalized spacial score (nSPS) is 10.9. The van der Waals surface area contributed by atoms with Gasteiger partial charge in [0.1, 0.15) is 17.2 Å². The number of methoxy groups -OCH3 is 1. The highest BCUT2D eigenvalue weighted by Crippen LogP contribution is 2.30. The molecule has 0 bridgehead atoms. The molecule has 0 aromatic heterocycles. The number of rotatable bonds is 8. The first-order valence-corrected chi connectivity index (χ1v) is 9.85. The number of carbonyl (C=O) groups excluding carboxylic acids is 1. The van der Waals surface area contributed by atoms with Gasteiger partial charge in [0.2, 0.25) is 5.91 Å². The second-order valence-electron chi connectivity index (χ2n) is 6.09. The number of hydrogen-bond donors (Lipinski definition) is 1. The minimum atomic E-state index is -4.03. The van der Waals surface area contributed by atoms with Crippen LogP contribution < -0.4 is 14.4 Å². The van der Waals surface area contributed by atoms with Crippen molar-refractivity contribution in [2.45, 2.75) is 18.7 Å². The molecule has 0 saturated carbocycles. The molecule has 1 amide bonds. The van der Waals surface area contributed by atoms with Gasteiger partial charge < -0.3 is 10.1 Å². The molecule has 0 radical (unpaired) electrons. The highest BCUT2D eigenvalue weighted by atomic mass is 32.2. The van der Waals surface area contributed by atoms with Gasteiger partial charge in [0, 0.05) is 6.54 Å². The SMILES string of the molecule is C=CCNC(=O)CN(c1ccc(C)cc1)S(=O)(=O)c1cc(C)ccc1OC. The highest BCUT2D eigenvalue weighted by molar-refractivity contribution is 7.93. The largest absolute Gasteiger partial charge is 0.495 e. The maximum atomic E-state index is 13.4. The van der Waals surface area contributed by atoms with E-state index in [0.29, 0.717) is 5.69 Å². The smallest absolute Gasteiger partial charge is 0.268 e. The van der Waals surface area contributed by atoms with E-state index in [1.54, 1.807) is 43.3 Å². The van der Waals surface area contributed by atoms with Crippen LogP contribution in [0.3, 0.4) is 0 Å². The molecule has 144 valence electrons. The van der Waals surface area contributed by atoms with Crippen LogP contribution in [0, 0.1) is 13.8 Å². The Morgan fingerprint density at radius 1 is 1.15 bits per heavy atom. The molecule has 0 heterocycles. The van der Waals surface area contributed by atoms with Crippen LogP contribution in [0.1, 0.15) is 11.1 Å². The van der Waals surface area contributed by atoms with Crippen molar-refractivity contribution >= 4 is 21.6 Å². The van der Waals surface area contributed by atoms with Gasteiger partial charge in [-0.25, -0.2) is 8.42 Å². The Morgan fingerprint density at radius 3 is 2.37 bits per heavy atom. The molecule has 2 rings (SSSR count). The summed E-state index contributed by atoms with van der Waals surface area (Å²) in [4.78, 5) is 12.3. The van der Waals surface area contributed by atoms with Gasteiger partial charge in [-0.2, -0.15) is 0 Å². The predicted molar refractivity (Wildman–Crippen MR) is 107 cm³/mol. The molecule has 0 atom stereocenters. The van der Waals surface area contributed by atoms with Crippen LogP contribution in [-0.2, 0) is 14.8 Å². The fraction of sp³-hybridized carbons (Fsp3) is 0.250. The lowest BCUT2D eigenvalue weighted by atomic mass is 10.2. The Morgan fingerprint density at radius 2 is 1.78 bits per heavy atom. The number of benzene rings is 2. The monoisotopic (exact) mass is 388 g/mol. The van der Waals surface area contributed by atoms with E-state index in [1.807, 2.05) is 6.92 Å². The average molecular weight is 388 g/mol. The molecule has 6 nitrogen and oxygen atoms in total. The van der Waals surface area contributed by atoms with Gasteiger partial charge >= 0.3 is 0 Å². The fourth-order valence-corrected chi connectivity index (χ4v) is 4.17. The maximum Gasteiger partial charge on any atom is 0.268 e. The fourth-order valence-electron chi connectivity index (χ4n) is 2.50. The predicted octanol–water partition coefficient (Wildman–Crippen LogP) is 2.81. The summed E-state index contributed by atoms with van der Waals surface area (Å²) in [5.41, 5.74) is 2.16. The number of aryl methyl sites for hydroxylation is 2. The molecule has 0 unspecified atom stereocenters. The molecule has 0 fully saturated rings. The summed E-state index contributed by atoms with van der Waals surface area (Å²) >= 11 is 0. The number of nitrogens with zero attached hydrogens (tertiary/aromatic N) is 1. The van der Waals surface area contributed by atoms with Crippen LogP contribution in [0.5, 0.6) is 5.75 Å². The molecule has 0 saturated heterocycles. The van der Waals surface area contributed by atoms with Crippen LogP contribution >= 0.6 is 0 Å². The molecule has 7 heteroatoms. The minimum absolute atomic E-state index is 0.0158. The lowest BCUT2D eigenvalue weighted by Crippen LogP contribution is -2.41. The van der Waals surface area contributed by atoms with Crippen molar-refractivity contribution in [3.63, 3.8) is 0 Å². The Labute approximate surface area is 160 Å². The van der Waals surface area contributed by atoms with Crippen LogP contribution in [0.4, 0.5) is 5.69 Å². The third-order valence-electron chi connectivity index (χ3n) is 3.94. The van der Waals surface area contributed by atoms with E-state index in [2.05, 4.69) is 11.9 Å². The summed E-state index contributed by atoms with van der Waals surface area (Å²) in [6.45, 7) is 7.16. The summed E-state index contributed by atoms with van der Waals surface area (Å²) in [5, 5.41) is 2.61. The minimum Gasteiger partial charge on any atom is -0.495 e. The van der Waals surface area contributed by atoms with E-state index in [-0.39, 0.29) is 23.7 Å². The first kappa shape index (κ1) is 20.5. The van der Waals surface area contributed by atoms with Crippen LogP contribution in [-0.4, -0.2) is 34.5 Å².